The predicted molar refractivity (Wildman–Crippen MR) is 137 cm³/mol. The first-order valence-electron chi connectivity index (χ1n) is 13.6. The zero-order valence-electron chi connectivity index (χ0n) is 22.0. The first-order valence-corrected chi connectivity index (χ1v) is 13.6. The fourth-order valence-corrected chi connectivity index (χ4v) is 6.73. The topological polar surface area (TPSA) is 59.8 Å². The second kappa shape index (κ2) is 12.5. The Hall–Kier alpha value is -0.240. The Morgan fingerprint density at radius 3 is 1.81 bits per heavy atom. The Bertz CT molecular complexity index is 542. The van der Waals surface area contributed by atoms with Crippen LogP contribution in [0.1, 0.15) is 66.2 Å². The number of hydrogen-bond acceptors (Lipinski definition) is 6. The van der Waals surface area contributed by atoms with Gasteiger partial charge in [0.15, 0.2) is 0 Å². The van der Waals surface area contributed by atoms with Crippen molar-refractivity contribution in [2.24, 2.45) is 17.6 Å². The summed E-state index contributed by atoms with van der Waals surface area (Å²) in [6.45, 7) is 16.9. The van der Waals surface area contributed by atoms with E-state index in [1.54, 1.807) is 0 Å². The fraction of sp³-hybridized carbons (Fsp3) is 1.00. The summed E-state index contributed by atoms with van der Waals surface area (Å²) < 4.78 is 0. The number of nitrogens with one attached hydrogen (secondary N) is 2. The first-order chi connectivity index (χ1) is 15.3. The van der Waals surface area contributed by atoms with Gasteiger partial charge < -0.3 is 16.4 Å². The van der Waals surface area contributed by atoms with Crippen LogP contribution in [0.3, 0.4) is 0 Å². The Balaban J connectivity index is 1.56. The molecule has 0 spiro atoms. The molecule has 0 amide bonds. The summed E-state index contributed by atoms with van der Waals surface area (Å²) in [7, 11) is 4.29. The van der Waals surface area contributed by atoms with Crippen molar-refractivity contribution in [3.05, 3.63) is 0 Å². The summed E-state index contributed by atoms with van der Waals surface area (Å²) in [5, 5.41) is 7.20. The Morgan fingerprint density at radius 2 is 1.28 bits per heavy atom. The van der Waals surface area contributed by atoms with Crippen LogP contribution >= 0.6 is 0 Å². The predicted octanol–water partition coefficient (Wildman–Crippen LogP) is 2.19. The number of likely N-dealkylation sites (tertiary alicyclic amines) is 3. The van der Waals surface area contributed by atoms with Gasteiger partial charge in [0.1, 0.15) is 0 Å². The highest BCUT2D eigenvalue weighted by atomic mass is 15.2. The van der Waals surface area contributed by atoms with E-state index in [1.165, 1.54) is 71.2 Å². The molecule has 3 fully saturated rings. The molecule has 0 aromatic rings. The van der Waals surface area contributed by atoms with E-state index in [0.29, 0.717) is 36.3 Å². The SMILES string of the molecule is CNC1CC(CC(C)N2CCC[C@H](N)C2)CN(C(C)CC2C[C@@H](NC)CN(C(C)C)C2)C1. The van der Waals surface area contributed by atoms with Crippen LogP contribution in [0.5, 0.6) is 0 Å². The average molecular weight is 451 g/mol. The molecule has 32 heavy (non-hydrogen) atoms. The molecule has 3 heterocycles. The highest BCUT2D eigenvalue weighted by molar-refractivity contribution is 4.91. The van der Waals surface area contributed by atoms with Crippen LogP contribution in [0.15, 0.2) is 0 Å². The van der Waals surface area contributed by atoms with E-state index in [-0.39, 0.29) is 0 Å². The van der Waals surface area contributed by atoms with E-state index in [1.807, 2.05) is 0 Å². The van der Waals surface area contributed by atoms with Gasteiger partial charge in [-0.3, -0.25) is 14.7 Å². The van der Waals surface area contributed by atoms with Crippen LogP contribution in [0, 0.1) is 11.8 Å². The van der Waals surface area contributed by atoms with Gasteiger partial charge in [0.25, 0.3) is 0 Å². The molecule has 0 bridgehead atoms. The second-order valence-electron chi connectivity index (χ2n) is 11.7. The average Bonchev–Trinajstić information content (AvgIpc) is 2.78. The minimum atomic E-state index is 0.376. The molecule has 6 heteroatoms. The van der Waals surface area contributed by atoms with Crippen molar-refractivity contribution >= 4 is 0 Å². The minimum Gasteiger partial charge on any atom is -0.327 e. The molecular weight excluding hydrogens is 396 g/mol. The lowest BCUT2D eigenvalue weighted by Gasteiger charge is -2.45. The van der Waals surface area contributed by atoms with Crippen molar-refractivity contribution in [1.82, 2.24) is 25.3 Å². The standard InChI is InChI=1S/C26H54N6/c1-19(2)31-14-22(12-25(17-31)28-5)11-21(4)32-15-23(13-26(18-32)29-6)10-20(3)30-9-7-8-24(27)16-30/h19-26,28-29H,7-18,27H2,1-6H3/t20?,21?,22?,23?,24-,25+,26?/m0/s1. The summed E-state index contributed by atoms with van der Waals surface area (Å²) in [5.74, 6) is 1.57. The molecule has 7 atom stereocenters. The van der Waals surface area contributed by atoms with E-state index >= 15 is 0 Å². The third-order valence-electron chi connectivity index (χ3n) is 8.76. The Morgan fingerprint density at radius 1 is 0.750 bits per heavy atom. The summed E-state index contributed by atoms with van der Waals surface area (Å²) >= 11 is 0. The number of rotatable bonds is 9. The molecule has 0 saturated carbocycles. The number of hydrogen-bond donors (Lipinski definition) is 3. The van der Waals surface area contributed by atoms with Gasteiger partial charge in [0, 0.05) is 69.0 Å². The van der Waals surface area contributed by atoms with Gasteiger partial charge >= 0.3 is 0 Å². The highest BCUT2D eigenvalue weighted by Gasteiger charge is 2.34. The Labute approximate surface area is 199 Å². The largest absolute Gasteiger partial charge is 0.327 e. The fourth-order valence-electron chi connectivity index (χ4n) is 6.73. The van der Waals surface area contributed by atoms with Crippen LogP contribution in [-0.2, 0) is 0 Å². The van der Waals surface area contributed by atoms with Gasteiger partial charge in [-0.1, -0.05) is 0 Å². The second-order valence-corrected chi connectivity index (χ2v) is 11.7. The van der Waals surface area contributed by atoms with Crippen molar-refractivity contribution in [2.75, 3.05) is 53.4 Å². The zero-order chi connectivity index (χ0) is 23.3. The van der Waals surface area contributed by atoms with E-state index in [0.717, 1.165) is 18.4 Å². The highest BCUT2D eigenvalue weighted by Crippen LogP contribution is 2.29. The molecule has 5 unspecified atom stereocenters. The van der Waals surface area contributed by atoms with Crippen LogP contribution in [0.25, 0.3) is 0 Å². The molecule has 3 rings (SSSR count). The minimum absolute atomic E-state index is 0.376. The molecule has 0 aromatic heterocycles. The first kappa shape index (κ1) is 26.4. The lowest BCUT2D eigenvalue weighted by molar-refractivity contribution is 0.0527. The van der Waals surface area contributed by atoms with Crippen LogP contribution < -0.4 is 16.4 Å². The van der Waals surface area contributed by atoms with Crippen LogP contribution in [-0.4, -0.2) is 104 Å². The van der Waals surface area contributed by atoms with E-state index in [2.05, 4.69) is 67.1 Å². The summed E-state index contributed by atoms with van der Waals surface area (Å²) in [5.41, 5.74) is 6.27. The summed E-state index contributed by atoms with van der Waals surface area (Å²) in [6.07, 6.45) is 7.73. The van der Waals surface area contributed by atoms with Gasteiger partial charge in [-0.2, -0.15) is 0 Å². The van der Waals surface area contributed by atoms with Crippen molar-refractivity contribution in [3.8, 4) is 0 Å². The van der Waals surface area contributed by atoms with Gasteiger partial charge in [-0.05, 0) is 98.7 Å². The molecule has 0 radical (unpaired) electrons. The van der Waals surface area contributed by atoms with Gasteiger partial charge in [-0.25, -0.2) is 0 Å². The third kappa shape index (κ3) is 7.38. The normalized spacial score (nSPS) is 35.8. The molecular formula is C26H54N6. The maximum absolute atomic E-state index is 6.27. The van der Waals surface area contributed by atoms with Gasteiger partial charge in [-0.15, -0.1) is 0 Å². The summed E-state index contributed by atoms with van der Waals surface area (Å²) in [4.78, 5) is 8.15. The lowest BCUT2D eigenvalue weighted by atomic mass is 9.85. The lowest BCUT2D eigenvalue weighted by Crippen LogP contribution is -2.55. The smallest absolute Gasteiger partial charge is 0.0195 e. The molecule has 3 aliphatic heterocycles. The quantitative estimate of drug-likeness (QED) is 0.501. The zero-order valence-corrected chi connectivity index (χ0v) is 22.0. The van der Waals surface area contributed by atoms with Crippen LogP contribution in [0.2, 0.25) is 0 Å². The number of nitrogens with zero attached hydrogens (tertiary/aromatic N) is 3. The van der Waals surface area contributed by atoms with Crippen molar-refractivity contribution in [1.29, 1.82) is 0 Å². The van der Waals surface area contributed by atoms with Gasteiger partial charge in [0.2, 0.25) is 0 Å². The van der Waals surface area contributed by atoms with Crippen molar-refractivity contribution in [2.45, 2.75) is 102 Å². The Kier molecular flexibility index (Phi) is 10.3. The van der Waals surface area contributed by atoms with Crippen molar-refractivity contribution in [3.63, 3.8) is 0 Å². The third-order valence-corrected chi connectivity index (χ3v) is 8.76. The van der Waals surface area contributed by atoms with Crippen molar-refractivity contribution < 1.29 is 0 Å². The number of likely N-dealkylation sites (N-methyl/N-ethyl adjacent to an activating group) is 2. The number of nitrogens with two attached hydrogens (primary N) is 1. The van der Waals surface area contributed by atoms with Crippen LogP contribution in [0.4, 0.5) is 0 Å². The maximum atomic E-state index is 6.27. The molecule has 6 nitrogen and oxygen atoms in total. The van der Waals surface area contributed by atoms with Gasteiger partial charge in [0.05, 0.1) is 0 Å². The van der Waals surface area contributed by atoms with E-state index in [4.69, 9.17) is 5.73 Å². The molecule has 0 aromatic carbocycles. The molecule has 3 saturated heterocycles. The monoisotopic (exact) mass is 450 g/mol. The number of piperidine rings is 3. The van der Waals surface area contributed by atoms with E-state index < -0.39 is 0 Å². The molecule has 0 aliphatic carbocycles. The molecule has 4 N–H and O–H groups in total. The molecule has 3 aliphatic rings. The molecule has 188 valence electrons. The summed E-state index contributed by atoms with van der Waals surface area (Å²) in [6, 6.07) is 3.58. The van der Waals surface area contributed by atoms with E-state index in [9.17, 15) is 0 Å². The maximum Gasteiger partial charge on any atom is 0.0195 e.